The van der Waals surface area contributed by atoms with E-state index >= 15 is 0 Å². The first-order chi connectivity index (χ1) is 13.4. The van der Waals surface area contributed by atoms with Crippen LogP contribution in [0.15, 0.2) is 0 Å². The van der Waals surface area contributed by atoms with E-state index in [0.717, 1.165) is 4.90 Å². The molecule has 0 bridgehead atoms. The molecule has 1 atom stereocenters. The van der Waals surface area contributed by atoms with Gasteiger partial charge in [-0.15, -0.1) is 0 Å². The maximum atomic E-state index is 12.3. The lowest BCUT2D eigenvalue weighted by molar-refractivity contribution is -0.141. The molecule has 0 fully saturated rings. The van der Waals surface area contributed by atoms with Gasteiger partial charge in [0.15, 0.2) is 0 Å². The summed E-state index contributed by atoms with van der Waals surface area (Å²) in [4.78, 5) is 48.2. The van der Waals surface area contributed by atoms with Crippen molar-refractivity contribution in [3.05, 3.63) is 0 Å². The Morgan fingerprint density at radius 1 is 1.14 bits per heavy atom. The molecule has 29 heavy (non-hydrogen) atoms. The van der Waals surface area contributed by atoms with Gasteiger partial charge in [0.05, 0.1) is 12.0 Å². The number of carbonyl (C=O) groups excluding carboxylic acids is 4. The van der Waals surface area contributed by atoms with Crippen LogP contribution in [0.5, 0.6) is 0 Å². The Kier molecular flexibility index (Phi) is 11.7. The molecule has 0 aliphatic carbocycles. The molecule has 0 saturated heterocycles. The van der Waals surface area contributed by atoms with E-state index in [9.17, 15) is 19.2 Å². The van der Waals surface area contributed by atoms with Gasteiger partial charge in [-0.25, -0.2) is 5.43 Å². The molecule has 1 unspecified atom stereocenters. The van der Waals surface area contributed by atoms with Gasteiger partial charge < -0.3 is 10.1 Å². The number of amides is 4. The van der Waals surface area contributed by atoms with Crippen molar-refractivity contribution < 1.29 is 23.9 Å². The van der Waals surface area contributed by atoms with Crippen molar-refractivity contribution in [3.8, 4) is 0 Å². The third-order valence-electron chi connectivity index (χ3n) is 4.57. The predicted molar refractivity (Wildman–Crippen MR) is 111 cm³/mol. The second kappa shape index (κ2) is 12.5. The van der Waals surface area contributed by atoms with Crippen LogP contribution in [-0.4, -0.2) is 60.4 Å². The Labute approximate surface area is 174 Å². The van der Waals surface area contributed by atoms with Crippen LogP contribution in [0.4, 0.5) is 0 Å². The van der Waals surface area contributed by atoms with Crippen LogP contribution in [0, 0.1) is 5.92 Å². The molecule has 0 aromatic carbocycles. The highest BCUT2D eigenvalue weighted by atomic mass is 16.5. The number of carbonyl (C=O) groups is 4. The van der Waals surface area contributed by atoms with Crippen molar-refractivity contribution in [1.82, 2.24) is 21.1 Å². The van der Waals surface area contributed by atoms with Crippen molar-refractivity contribution in [3.63, 3.8) is 0 Å². The lowest BCUT2D eigenvalue weighted by Crippen LogP contribution is -2.46. The molecule has 0 heterocycles. The maximum absolute atomic E-state index is 12.3. The fourth-order valence-corrected chi connectivity index (χ4v) is 2.60. The van der Waals surface area contributed by atoms with E-state index < -0.39 is 11.1 Å². The molecule has 0 aliphatic rings. The Morgan fingerprint density at radius 3 is 2.28 bits per heavy atom. The Morgan fingerprint density at radius 2 is 1.76 bits per heavy atom. The molecule has 0 radical (unpaired) electrons. The van der Waals surface area contributed by atoms with Gasteiger partial charge in [0.25, 0.3) is 0 Å². The average molecular weight is 415 g/mol. The number of nitrogens with one attached hydrogen (secondary N) is 3. The summed E-state index contributed by atoms with van der Waals surface area (Å²) in [5.74, 6) is -0.939. The van der Waals surface area contributed by atoms with Crippen LogP contribution in [0.3, 0.4) is 0 Å². The SMILES string of the molecule is CCC(C)C(=O)N(C=O)CCC(=O)NC(C)(C)CCOC(C)(C)CC(=O)NNC. The first-order valence-corrected chi connectivity index (χ1v) is 10.0. The van der Waals surface area contributed by atoms with Gasteiger partial charge in [0.1, 0.15) is 0 Å². The maximum Gasteiger partial charge on any atom is 0.236 e. The van der Waals surface area contributed by atoms with Crippen molar-refractivity contribution in [1.29, 1.82) is 0 Å². The van der Waals surface area contributed by atoms with Gasteiger partial charge in [-0.3, -0.25) is 29.5 Å². The number of hydrazine groups is 1. The first-order valence-electron chi connectivity index (χ1n) is 10.0. The number of hydrogen-bond acceptors (Lipinski definition) is 6. The largest absolute Gasteiger partial charge is 0.375 e. The van der Waals surface area contributed by atoms with Crippen LogP contribution in [0.2, 0.25) is 0 Å². The summed E-state index contributed by atoms with van der Waals surface area (Å²) in [6, 6.07) is 0. The third kappa shape index (κ3) is 11.6. The van der Waals surface area contributed by atoms with E-state index in [-0.39, 0.29) is 43.0 Å². The summed E-state index contributed by atoms with van der Waals surface area (Å²) in [5, 5.41) is 2.90. The van der Waals surface area contributed by atoms with E-state index in [1.165, 1.54) is 0 Å². The number of hydrogen-bond donors (Lipinski definition) is 3. The van der Waals surface area contributed by atoms with E-state index in [1.54, 1.807) is 14.0 Å². The van der Waals surface area contributed by atoms with Gasteiger partial charge in [-0.1, -0.05) is 13.8 Å². The molecule has 3 N–H and O–H groups in total. The number of nitrogens with zero attached hydrogens (tertiary/aromatic N) is 1. The molecule has 168 valence electrons. The summed E-state index contributed by atoms with van der Waals surface area (Å²) in [6.45, 7) is 11.4. The zero-order valence-corrected chi connectivity index (χ0v) is 18.9. The van der Waals surface area contributed by atoms with E-state index in [4.69, 9.17) is 4.74 Å². The molecular weight excluding hydrogens is 376 g/mol. The fourth-order valence-electron chi connectivity index (χ4n) is 2.60. The molecule has 0 aromatic heterocycles. The van der Waals surface area contributed by atoms with Crippen LogP contribution < -0.4 is 16.2 Å². The van der Waals surface area contributed by atoms with Gasteiger partial charge in [0.2, 0.25) is 24.1 Å². The Balaban J connectivity index is 4.45. The van der Waals surface area contributed by atoms with Crippen molar-refractivity contribution in [2.24, 2.45) is 5.92 Å². The third-order valence-corrected chi connectivity index (χ3v) is 4.57. The van der Waals surface area contributed by atoms with Gasteiger partial charge in [-0.05, 0) is 40.5 Å². The van der Waals surface area contributed by atoms with Crippen LogP contribution in [0.25, 0.3) is 0 Å². The van der Waals surface area contributed by atoms with Crippen LogP contribution >= 0.6 is 0 Å². The minimum atomic E-state index is -0.637. The van der Waals surface area contributed by atoms with Crippen LogP contribution in [0.1, 0.15) is 67.2 Å². The molecular formula is C20H38N4O5. The Bertz CT molecular complexity index is 563. The molecule has 0 spiro atoms. The molecule has 9 heteroatoms. The lowest BCUT2D eigenvalue weighted by Gasteiger charge is -2.30. The highest BCUT2D eigenvalue weighted by molar-refractivity contribution is 5.88. The van der Waals surface area contributed by atoms with Gasteiger partial charge in [-0.2, -0.15) is 0 Å². The zero-order chi connectivity index (χ0) is 22.7. The lowest BCUT2D eigenvalue weighted by atomic mass is 10.00. The summed E-state index contributed by atoms with van der Waals surface area (Å²) < 4.78 is 5.81. The molecule has 0 aromatic rings. The molecule has 4 amide bonds. The van der Waals surface area contributed by atoms with E-state index in [1.807, 2.05) is 34.6 Å². The highest BCUT2D eigenvalue weighted by Gasteiger charge is 2.26. The monoisotopic (exact) mass is 414 g/mol. The topological polar surface area (TPSA) is 117 Å². The van der Waals surface area contributed by atoms with Crippen molar-refractivity contribution >= 4 is 24.1 Å². The minimum absolute atomic E-state index is 0.0425. The quantitative estimate of drug-likeness (QED) is 0.290. The number of imide groups is 1. The molecule has 0 aliphatic heterocycles. The normalized spacial score (nSPS) is 12.8. The molecule has 0 saturated carbocycles. The molecule has 9 nitrogen and oxygen atoms in total. The van der Waals surface area contributed by atoms with Crippen molar-refractivity contribution in [2.75, 3.05) is 20.2 Å². The minimum Gasteiger partial charge on any atom is -0.375 e. The zero-order valence-electron chi connectivity index (χ0n) is 18.9. The van der Waals surface area contributed by atoms with Gasteiger partial charge in [0, 0.05) is 38.1 Å². The summed E-state index contributed by atoms with van der Waals surface area (Å²) in [7, 11) is 1.62. The first kappa shape index (κ1) is 27.0. The van der Waals surface area contributed by atoms with E-state index in [0.29, 0.717) is 25.9 Å². The number of rotatable bonds is 14. The highest BCUT2D eigenvalue weighted by Crippen LogP contribution is 2.17. The van der Waals surface area contributed by atoms with Gasteiger partial charge >= 0.3 is 0 Å². The second-order valence-electron chi connectivity index (χ2n) is 8.46. The van der Waals surface area contributed by atoms with Crippen LogP contribution in [-0.2, 0) is 23.9 Å². The standard InChI is InChI=1S/C20H38N4O5/c1-8-15(2)18(28)24(14-25)11-9-16(26)22-19(3,4)10-12-29-20(5,6)13-17(27)23-21-7/h14-15,21H,8-13H2,1-7H3,(H,22,26)(H,23,27). The predicted octanol–water partition coefficient (Wildman–Crippen LogP) is 1.13. The summed E-state index contributed by atoms with van der Waals surface area (Å²) in [5.41, 5.74) is 3.91. The Hall–Kier alpha value is -2.00. The summed E-state index contributed by atoms with van der Waals surface area (Å²) >= 11 is 0. The smallest absolute Gasteiger partial charge is 0.236 e. The van der Waals surface area contributed by atoms with E-state index in [2.05, 4.69) is 16.2 Å². The average Bonchev–Trinajstić information content (AvgIpc) is 2.59. The second-order valence-corrected chi connectivity index (χ2v) is 8.46. The fraction of sp³-hybridized carbons (Fsp3) is 0.800. The summed E-state index contributed by atoms with van der Waals surface area (Å²) in [6.07, 6.45) is 1.90. The molecule has 0 rings (SSSR count). The van der Waals surface area contributed by atoms with Crippen molar-refractivity contribution in [2.45, 2.75) is 78.4 Å². The number of ether oxygens (including phenoxy) is 1.